The summed E-state index contributed by atoms with van der Waals surface area (Å²) >= 11 is 0. The zero-order valence-corrected chi connectivity index (χ0v) is 15.5. The van der Waals surface area contributed by atoms with Gasteiger partial charge >= 0.3 is 0 Å². The molecule has 0 aliphatic heterocycles. The Bertz CT molecular complexity index is 638. The molecule has 2 rings (SSSR count). The molecule has 1 nitrogen and oxygen atoms in total. The summed E-state index contributed by atoms with van der Waals surface area (Å²) in [6, 6.07) is 18.7. The molecule has 25 heavy (non-hydrogen) atoms. The molecule has 2 aromatic rings. The average molecular weight is 335 g/mol. The molecule has 0 amide bonds. The fourth-order valence-electron chi connectivity index (χ4n) is 2.68. The summed E-state index contributed by atoms with van der Waals surface area (Å²) in [6.07, 6.45) is 13.4. The summed E-state index contributed by atoms with van der Waals surface area (Å²) in [5.41, 5.74) is 2.40. The minimum absolute atomic E-state index is 0.669. The van der Waals surface area contributed by atoms with Crippen molar-refractivity contribution in [3.63, 3.8) is 0 Å². The molecule has 0 aromatic heterocycles. The molecule has 0 heterocycles. The zero-order chi connectivity index (χ0) is 17.7. The van der Waals surface area contributed by atoms with Crippen LogP contribution in [0.5, 0.6) is 5.75 Å². The number of ether oxygens (including phenoxy) is 1. The maximum absolute atomic E-state index is 5.96. The first-order chi connectivity index (χ1) is 12.3. The molecular formula is C24H30O. The van der Waals surface area contributed by atoms with Crippen molar-refractivity contribution in [1.29, 1.82) is 0 Å². The van der Waals surface area contributed by atoms with E-state index in [4.69, 9.17) is 4.74 Å². The van der Waals surface area contributed by atoms with E-state index < -0.39 is 0 Å². The highest BCUT2D eigenvalue weighted by Crippen LogP contribution is 2.18. The van der Waals surface area contributed by atoms with Crippen LogP contribution in [0.25, 0.3) is 12.2 Å². The van der Waals surface area contributed by atoms with Gasteiger partial charge in [0, 0.05) is 0 Å². The molecule has 0 fully saturated rings. The average Bonchev–Trinajstić information content (AvgIpc) is 2.67. The highest BCUT2D eigenvalue weighted by molar-refractivity contribution is 5.57. The minimum Gasteiger partial charge on any atom is -0.493 e. The summed E-state index contributed by atoms with van der Waals surface area (Å²) in [5, 5.41) is 0. The standard InChI is InChI=1S/C24H30O/c1-3-5-11-21(4-2)20-25-24-18-16-23(17-19-24)15-10-9-14-22-12-7-6-8-13-22/h6-10,12-19,21H,3-5,11,20H2,1-2H3. The van der Waals surface area contributed by atoms with Gasteiger partial charge in [-0.2, -0.15) is 0 Å². The lowest BCUT2D eigenvalue weighted by atomic mass is 10.0. The van der Waals surface area contributed by atoms with E-state index in [9.17, 15) is 0 Å². The molecule has 0 bridgehead atoms. The fraction of sp³-hybridized carbons (Fsp3) is 0.333. The Labute approximate surface area is 153 Å². The maximum atomic E-state index is 5.96. The van der Waals surface area contributed by atoms with Gasteiger partial charge in [0.15, 0.2) is 0 Å². The lowest BCUT2D eigenvalue weighted by molar-refractivity contribution is 0.233. The van der Waals surface area contributed by atoms with E-state index in [1.165, 1.54) is 36.8 Å². The molecule has 0 saturated heterocycles. The lowest BCUT2D eigenvalue weighted by Crippen LogP contribution is -2.11. The third kappa shape index (κ3) is 7.43. The van der Waals surface area contributed by atoms with Gasteiger partial charge in [-0.05, 0) is 35.6 Å². The highest BCUT2D eigenvalue weighted by Gasteiger charge is 2.06. The number of benzene rings is 2. The summed E-state index contributed by atoms with van der Waals surface area (Å²) in [4.78, 5) is 0. The van der Waals surface area contributed by atoms with Crippen molar-refractivity contribution in [2.75, 3.05) is 6.61 Å². The largest absolute Gasteiger partial charge is 0.493 e. The van der Waals surface area contributed by atoms with Crippen LogP contribution in [0.2, 0.25) is 0 Å². The second-order valence-corrected chi connectivity index (χ2v) is 6.43. The number of hydrogen-bond donors (Lipinski definition) is 0. The Hall–Kier alpha value is -2.28. The van der Waals surface area contributed by atoms with E-state index in [-0.39, 0.29) is 0 Å². The van der Waals surface area contributed by atoms with Gasteiger partial charge in [0.1, 0.15) is 5.75 Å². The second-order valence-electron chi connectivity index (χ2n) is 6.43. The number of allylic oxidation sites excluding steroid dienone is 2. The number of unbranched alkanes of at least 4 members (excludes halogenated alkanes) is 1. The Morgan fingerprint density at radius 2 is 1.48 bits per heavy atom. The Kier molecular flexibility index (Phi) is 8.61. The van der Waals surface area contributed by atoms with Crippen molar-refractivity contribution in [2.24, 2.45) is 5.92 Å². The van der Waals surface area contributed by atoms with E-state index in [0.717, 1.165) is 12.4 Å². The van der Waals surface area contributed by atoms with Crippen molar-refractivity contribution >= 4 is 12.2 Å². The second kappa shape index (κ2) is 11.3. The first-order valence-electron chi connectivity index (χ1n) is 9.44. The van der Waals surface area contributed by atoms with Crippen LogP contribution in [-0.4, -0.2) is 6.61 Å². The van der Waals surface area contributed by atoms with E-state index in [0.29, 0.717) is 5.92 Å². The van der Waals surface area contributed by atoms with Gasteiger partial charge in [0.25, 0.3) is 0 Å². The minimum atomic E-state index is 0.669. The summed E-state index contributed by atoms with van der Waals surface area (Å²) in [6.45, 7) is 5.32. The normalized spacial score (nSPS) is 12.7. The van der Waals surface area contributed by atoms with Gasteiger partial charge in [-0.1, -0.05) is 99.9 Å². The molecule has 0 N–H and O–H groups in total. The van der Waals surface area contributed by atoms with Gasteiger partial charge in [-0.25, -0.2) is 0 Å². The van der Waals surface area contributed by atoms with Crippen LogP contribution in [0.4, 0.5) is 0 Å². The van der Waals surface area contributed by atoms with Crippen molar-refractivity contribution in [3.05, 3.63) is 77.9 Å². The third-order valence-electron chi connectivity index (χ3n) is 4.40. The number of rotatable bonds is 10. The lowest BCUT2D eigenvalue weighted by Gasteiger charge is -2.15. The van der Waals surface area contributed by atoms with Crippen LogP contribution in [0.3, 0.4) is 0 Å². The van der Waals surface area contributed by atoms with Crippen molar-refractivity contribution in [1.82, 2.24) is 0 Å². The highest BCUT2D eigenvalue weighted by atomic mass is 16.5. The first-order valence-corrected chi connectivity index (χ1v) is 9.44. The SMILES string of the molecule is CCCCC(CC)COc1ccc(C=CC=Cc2ccccc2)cc1. The molecule has 1 unspecified atom stereocenters. The van der Waals surface area contributed by atoms with E-state index in [1.54, 1.807) is 0 Å². The van der Waals surface area contributed by atoms with Gasteiger partial charge in [-0.3, -0.25) is 0 Å². The summed E-state index contributed by atoms with van der Waals surface area (Å²) in [5.74, 6) is 1.63. The summed E-state index contributed by atoms with van der Waals surface area (Å²) in [7, 11) is 0. The van der Waals surface area contributed by atoms with Crippen molar-refractivity contribution in [3.8, 4) is 5.75 Å². The van der Waals surface area contributed by atoms with Gasteiger partial charge in [0.2, 0.25) is 0 Å². The van der Waals surface area contributed by atoms with Crippen molar-refractivity contribution in [2.45, 2.75) is 39.5 Å². The monoisotopic (exact) mass is 334 g/mol. The molecule has 0 saturated carbocycles. The molecule has 1 heteroatoms. The van der Waals surface area contributed by atoms with Crippen LogP contribution in [0, 0.1) is 5.92 Å². The van der Waals surface area contributed by atoms with E-state index in [1.807, 2.05) is 18.2 Å². The molecular weight excluding hydrogens is 304 g/mol. The van der Waals surface area contributed by atoms with Gasteiger partial charge < -0.3 is 4.74 Å². The molecule has 0 aliphatic carbocycles. The predicted octanol–water partition coefficient (Wildman–Crippen LogP) is 7.01. The van der Waals surface area contributed by atoms with E-state index >= 15 is 0 Å². The van der Waals surface area contributed by atoms with Gasteiger partial charge in [0.05, 0.1) is 6.61 Å². The molecule has 0 radical (unpaired) electrons. The van der Waals surface area contributed by atoms with Crippen LogP contribution in [-0.2, 0) is 0 Å². The first kappa shape index (κ1) is 19.1. The predicted molar refractivity (Wildman–Crippen MR) is 110 cm³/mol. The molecule has 0 aliphatic rings. The van der Waals surface area contributed by atoms with Gasteiger partial charge in [-0.15, -0.1) is 0 Å². The number of hydrogen-bond acceptors (Lipinski definition) is 1. The molecule has 2 aromatic carbocycles. The summed E-state index contributed by atoms with van der Waals surface area (Å²) < 4.78 is 5.96. The van der Waals surface area contributed by atoms with Crippen LogP contribution < -0.4 is 4.74 Å². The van der Waals surface area contributed by atoms with Crippen LogP contribution in [0.1, 0.15) is 50.7 Å². The van der Waals surface area contributed by atoms with Crippen molar-refractivity contribution < 1.29 is 4.74 Å². The molecule has 0 spiro atoms. The molecule has 132 valence electrons. The Morgan fingerprint density at radius 1 is 0.840 bits per heavy atom. The van der Waals surface area contributed by atoms with Crippen LogP contribution in [0.15, 0.2) is 66.7 Å². The Morgan fingerprint density at radius 3 is 2.08 bits per heavy atom. The van der Waals surface area contributed by atoms with E-state index in [2.05, 4.69) is 74.5 Å². The fourth-order valence-corrected chi connectivity index (χ4v) is 2.68. The smallest absolute Gasteiger partial charge is 0.119 e. The quantitative estimate of drug-likeness (QED) is 0.425. The third-order valence-corrected chi connectivity index (χ3v) is 4.40. The zero-order valence-electron chi connectivity index (χ0n) is 15.5. The molecule has 1 atom stereocenters. The topological polar surface area (TPSA) is 9.23 Å². The maximum Gasteiger partial charge on any atom is 0.119 e. The Balaban J connectivity index is 1.81. The van der Waals surface area contributed by atoms with Crippen LogP contribution >= 0.6 is 0 Å².